The summed E-state index contributed by atoms with van der Waals surface area (Å²) in [6.07, 6.45) is 1.27. The van der Waals surface area contributed by atoms with Crippen LogP contribution in [0.2, 0.25) is 0 Å². The molecule has 0 unspecified atom stereocenters. The molecular weight excluding hydrogens is 404 g/mol. The molecular formula is C20H21N6O5+. The molecule has 11 heteroatoms. The van der Waals surface area contributed by atoms with Crippen molar-refractivity contribution < 1.29 is 18.8 Å². The fourth-order valence-corrected chi connectivity index (χ4v) is 3.14. The second-order valence-electron chi connectivity index (χ2n) is 8.25. The Balaban J connectivity index is 1.59. The molecule has 1 aromatic carbocycles. The number of carbonyl (C=O) groups excluding carboxylic acids is 2. The maximum atomic E-state index is 12.5. The van der Waals surface area contributed by atoms with Gasteiger partial charge in [-0.25, -0.2) is 0 Å². The molecule has 31 heavy (non-hydrogen) atoms. The molecule has 0 spiro atoms. The first-order chi connectivity index (χ1) is 14.6. The van der Waals surface area contributed by atoms with Gasteiger partial charge >= 0.3 is 11.1 Å². The Morgan fingerprint density at radius 3 is 2.77 bits per heavy atom. The highest BCUT2D eigenvalue weighted by atomic mass is 16.5. The fourth-order valence-electron chi connectivity index (χ4n) is 3.14. The highest BCUT2D eigenvalue weighted by Gasteiger charge is 2.24. The lowest BCUT2D eigenvalue weighted by atomic mass is 9.93. The number of carbonyl (C=O) groups is 2. The van der Waals surface area contributed by atoms with Crippen LogP contribution in [-0.2, 0) is 21.4 Å². The van der Waals surface area contributed by atoms with Gasteiger partial charge < -0.3 is 15.0 Å². The third kappa shape index (κ3) is 4.15. The van der Waals surface area contributed by atoms with Crippen LogP contribution in [0.15, 0.2) is 29.2 Å². The molecule has 11 nitrogen and oxygen atoms in total. The molecule has 2 amide bonds. The predicted octanol–water partition coefficient (Wildman–Crippen LogP) is 0.975. The number of aromatic nitrogens is 4. The van der Waals surface area contributed by atoms with Gasteiger partial charge in [0.2, 0.25) is 23.7 Å². The number of hydrogen-bond acceptors (Lipinski definition) is 6. The average molecular weight is 425 g/mol. The summed E-state index contributed by atoms with van der Waals surface area (Å²) in [6.45, 7) is 5.68. The molecule has 160 valence electrons. The zero-order valence-corrected chi connectivity index (χ0v) is 17.2. The molecule has 1 aliphatic rings. The van der Waals surface area contributed by atoms with Crippen molar-refractivity contribution in [2.24, 2.45) is 0 Å². The summed E-state index contributed by atoms with van der Waals surface area (Å²) in [5, 5.41) is 5.22. The van der Waals surface area contributed by atoms with Gasteiger partial charge in [-0.05, 0) is 17.7 Å². The summed E-state index contributed by atoms with van der Waals surface area (Å²) < 4.78 is 5.76. The van der Waals surface area contributed by atoms with E-state index in [0.29, 0.717) is 27.1 Å². The van der Waals surface area contributed by atoms with Crippen LogP contribution in [0, 0.1) is 4.91 Å². The van der Waals surface area contributed by atoms with Crippen molar-refractivity contribution in [3.05, 3.63) is 50.9 Å². The van der Waals surface area contributed by atoms with E-state index in [4.69, 9.17) is 4.74 Å². The smallest absolute Gasteiger partial charge is 0.369 e. The van der Waals surface area contributed by atoms with Crippen molar-refractivity contribution >= 4 is 34.6 Å². The van der Waals surface area contributed by atoms with Gasteiger partial charge in [0.05, 0.1) is 22.2 Å². The number of aromatic amines is 2. The molecule has 0 radical (unpaired) electrons. The standard InChI is InChI=1S/C20H20N6O5/c1-20(2,3)13-8-26(30)16-17(22-13)24-19(25-18(16)29)23-14(27)7-10-4-5-12-11(6-10)21-15(28)9-31-12/h4-6,8H,7,9H2,1-3H3,(H3-,21,22,23,24,25,27,28,29,30)/p+1. The van der Waals surface area contributed by atoms with Crippen molar-refractivity contribution in [1.29, 1.82) is 0 Å². The molecule has 0 saturated carbocycles. The second-order valence-corrected chi connectivity index (χ2v) is 8.25. The van der Waals surface area contributed by atoms with Crippen LogP contribution in [0.3, 0.4) is 0 Å². The largest absolute Gasteiger partial charge is 0.482 e. The first-order valence-electron chi connectivity index (χ1n) is 9.55. The van der Waals surface area contributed by atoms with E-state index in [-0.39, 0.29) is 41.5 Å². The van der Waals surface area contributed by atoms with Crippen LogP contribution in [0.25, 0.3) is 11.2 Å². The van der Waals surface area contributed by atoms with Crippen LogP contribution in [0.4, 0.5) is 11.6 Å². The van der Waals surface area contributed by atoms with Crippen molar-refractivity contribution in [2.75, 3.05) is 17.2 Å². The number of rotatable bonds is 3. The minimum absolute atomic E-state index is 0.0296. The van der Waals surface area contributed by atoms with E-state index in [1.54, 1.807) is 18.2 Å². The van der Waals surface area contributed by atoms with Crippen molar-refractivity contribution in [2.45, 2.75) is 32.6 Å². The van der Waals surface area contributed by atoms with Crippen LogP contribution >= 0.6 is 0 Å². The van der Waals surface area contributed by atoms with E-state index in [1.807, 2.05) is 20.8 Å². The molecule has 0 aliphatic carbocycles. The first-order valence-corrected chi connectivity index (χ1v) is 9.55. The summed E-state index contributed by atoms with van der Waals surface area (Å²) >= 11 is 0. The normalized spacial score (nSPS) is 13.3. The first kappa shape index (κ1) is 20.3. The Labute approximate surface area is 175 Å². The van der Waals surface area contributed by atoms with Crippen molar-refractivity contribution in [3.63, 3.8) is 0 Å². The molecule has 1 aliphatic heterocycles. The van der Waals surface area contributed by atoms with Gasteiger partial charge in [-0.15, -0.1) is 0 Å². The summed E-state index contributed by atoms with van der Waals surface area (Å²) in [4.78, 5) is 58.2. The quantitative estimate of drug-likeness (QED) is 0.459. The van der Waals surface area contributed by atoms with E-state index >= 15 is 0 Å². The van der Waals surface area contributed by atoms with Gasteiger partial charge in [-0.2, -0.15) is 4.98 Å². The predicted molar refractivity (Wildman–Crippen MR) is 112 cm³/mol. The lowest BCUT2D eigenvalue weighted by Gasteiger charge is -2.18. The molecule has 0 atom stereocenters. The number of nitrogens with zero attached hydrogens (tertiary/aromatic N) is 2. The van der Waals surface area contributed by atoms with Crippen molar-refractivity contribution in [1.82, 2.24) is 15.0 Å². The minimum Gasteiger partial charge on any atom is -0.482 e. The van der Waals surface area contributed by atoms with Gasteiger partial charge in [0.1, 0.15) is 5.75 Å². The molecule has 0 fully saturated rings. The summed E-state index contributed by atoms with van der Waals surface area (Å²) in [6, 6.07) is 5.02. The van der Waals surface area contributed by atoms with Gasteiger partial charge in [-0.1, -0.05) is 26.8 Å². The maximum Gasteiger partial charge on any atom is 0.369 e. The third-order valence-corrected chi connectivity index (χ3v) is 4.72. The number of fused-ring (bicyclic) bond motifs is 2. The van der Waals surface area contributed by atoms with Gasteiger partial charge in [0, 0.05) is 10.3 Å². The van der Waals surface area contributed by atoms with E-state index in [0.717, 1.165) is 0 Å². The van der Waals surface area contributed by atoms with E-state index in [1.165, 1.54) is 6.20 Å². The number of ether oxygens (including phenoxy) is 1. The maximum absolute atomic E-state index is 12.5. The lowest BCUT2D eigenvalue weighted by Crippen LogP contribution is -2.30. The number of benzene rings is 1. The Kier molecular flexibility index (Phi) is 4.80. The van der Waals surface area contributed by atoms with Crippen molar-refractivity contribution in [3.8, 4) is 5.75 Å². The zero-order chi connectivity index (χ0) is 22.3. The molecule has 4 N–H and O–H groups in total. The Morgan fingerprint density at radius 1 is 1.26 bits per heavy atom. The van der Waals surface area contributed by atoms with Crippen LogP contribution in [-0.4, -0.2) is 33.4 Å². The van der Waals surface area contributed by atoms with E-state index in [9.17, 15) is 19.3 Å². The SMILES string of the molecule is CC(C)(C)c1c[n+](=O)c2c(=O)[nH]c(NC(=O)Cc3ccc4c(c3)NC(=O)CO4)nc2[nH]1. The summed E-state index contributed by atoms with van der Waals surface area (Å²) in [5.41, 5.74) is 0.530. The summed E-state index contributed by atoms with van der Waals surface area (Å²) in [5.74, 6) is -0.263. The molecule has 3 heterocycles. The van der Waals surface area contributed by atoms with Gasteiger partial charge in [0.25, 0.3) is 5.91 Å². The van der Waals surface area contributed by atoms with Crippen LogP contribution < -0.4 is 25.4 Å². The number of nitrogens with one attached hydrogen (secondary N) is 4. The zero-order valence-electron chi connectivity index (χ0n) is 17.2. The van der Waals surface area contributed by atoms with E-state index in [2.05, 4.69) is 25.6 Å². The average Bonchev–Trinajstić information content (AvgIpc) is 2.66. The third-order valence-electron chi connectivity index (χ3n) is 4.72. The van der Waals surface area contributed by atoms with Gasteiger partial charge in [-0.3, -0.25) is 24.7 Å². The number of H-pyrrole nitrogens is 2. The van der Waals surface area contributed by atoms with Gasteiger partial charge in [0.15, 0.2) is 6.61 Å². The fraction of sp³-hybridized carbons (Fsp3) is 0.300. The topological polar surface area (TPSA) is 152 Å². The molecule has 4 rings (SSSR count). The second kappa shape index (κ2) is 7.35. The Morgan fingerprint density at radius 2 is 2.03 bits per heavy atom. The molecule has 0 bridgehead atoms. The molecule has 3 aromatic rings. The minimum atomic E-state index is -0.680. The highest BCUT2D eigenvalue weighted by Crippen LogP contribution is 2.28. The Bertz CT molecular complexity index is 1330. The monoisotopic (exact) mass is 425 g/mol. The number of amides is 2. The molecule has 0 saturated heterocycles. The number of hydrogen-bond donors (Lipinski definition) is 4. The highest BCUT2D eigenvalue weighted by molar-refractivity contribution is 5.96. The number of anilines is 2. The van der Waals surface area contributed by atoms with E-state index < -0.39 is 11.5 Å². The van der Waals surface area contributed by atoms with Crippen LogP contribution in [0.5, 0.6) is 5.75 Å². The molecule has 2 aromatic heterocycles. The van der Waals surface area contributed by atoms with Crippen LogP contribution in [0.1, 0.15) is 32.0 Å². The summed E-state index contributed by atoms with van der Waals surface area (Å²) in [7, 11) is 0. The Hall–Kier alpha value is -4.02. The lowest BCUT2D eigenvalue weighted by molar-refractivity contribution is -0.466.